The normalized spacial score (nSPS) is 19.4. The Balaban J connectivity index is 1.35. The number of nitrogens with one attached hydrogen (secondary N) is 1. The van der Waals surface area contributed by atoms with Crippen LogP contribution in [0.3, 0.4) is 0 Å². The van der Waals surface area contributed by atoms with E-state index >= 15 is 0 Å². The summed E-state index contributed by atoms with van der Waals surface area (Å²) in [4.78, 5) is 41.3. The van der Waals surface area contributed by atoms with Crippen molar-refractivity contribution in [1.29, 1.82) is 0 Å². The summed E-state index contributed by atoms with van der Waals surface area (Å²) >= 11 is 1.42. The highest BCUT2D eigenvalue weighted by Crippen LogP contribution is 2.25. The summed E-state index contributed by atoms with van der Waals surface area (Å²) in [6.07, 6.45) is -0.876. The average Bonchev–Trinajstić information content (AvgIpc) is 3.32. The van der Waals surface area contributed by atoms with Crippen LogP contribution < -0.4 is 15.1 Å². The fraction of sp³-hybridized carbons (Fsp3) is 0.350. The van der Waals surface area contributed by atoms with Gasteiger partial charge in [0.1, 0.15) is 12.7 Å². The molecule has 2 aliphatic rings. The topological polar surface area (TPSA) is 88.2 Å². The monoisotopic (exact) mass is 415 g/mol. The fourth-order valence-corrected chi connectivity index (χ4v) is 4.08. The van der Waals surface area contributed by atoms with Crippen molar-refractivity contribution >= 4 is 40.6 Å². The van der Waals surface area contributed by atoms with Gasteiger partial charge in [-0.3, -0.25) is 14.5 Å². The largest absolute Gasteiger partial charge is 0.442 e. The molecule has 0 spiro atoms. The zero-order valence-electron chi connectivity index (χ0n) is 15.9. The second kappa shape index (κ2) is 8.22. The lowest BCUT2D eigenvalue weighted by molar-refractivity contribution is -0.125. The van der Waals surface area contributed by atoms with Gasteiger partial charge in [-0.05, 0) is 43.3 Å². The molecule has 1 atom stereocenters. The number of cyclic esters (lactones) is 1. The van der Waals surface area contributed by atoms with Crippen LogP contribution in [0.2, 0.25) is 0 Å². The van der Waals surface area contributed by atoms with E-state index in [-0.39, 0.29) is 25.0 Å². The number of carbonyl (C=O) groups is 3. The standard InChI is InChI=1S/C20H21N3O5S/c1-13-2-7-17(29-13)19(25)21-10-16-11-23(20(26)28-16)15-5-3-14(4-6-15)22-8-9-27-12-18(22)24/h2-7,16H,8-12H2,1H3,(H,21,25). The molecule has 0 aliphatic carbocycles. The van der Waals surface area contributed by atoms with Gasteiger partial charge in [0.25, 0.3) is 11.8 Å². The number of nitrogens with zero attached hydrogens (tertiary/aromatic N) is 2. The van der Waals surface area contributed by atoms with Gasteiger partial charge in [0.15, 0.2) is 0 Å². The van der Waals surface area contributed by atoms with Crippen LogP contribution >= 0.6 is 11.3 Å². The van der Waals surface area contributed by atoms with Gasteiger partial charge in [-0.2, -0.15) is 0 Å². The van der Waals surface area contributed by atoms with Crippen molar-refractivity contribution in [2.45, 2.75) is 13.0 Å². The number of morpholine rings is 1. The van der Waals surface area contributed by atoms with Gasteiger partial charge in [-0.15, -0.1) is 11.3 Å². The number of ether oxygens (including phenoxy) is 2. The van der Waals surface area contributed by atoms with E-state index < -0.39 is 12.2 Å². The Labute approximate surface area is 172 Å². The molecular weight excluding hydrogens is 394 g/mol. The van der Waals surface area contributed by atoms with Crippen molar-refractivity contribution in [2.75, 3.05) is 42.6 Å². The second-order valence-electron chi connectivity index (χ2n) is 6.85. The lowest BCUT2D eigenvalue weighted by Crippen LogP contribution is -2.41. The fourth-order valence-electron chi connectivity index (χ4n) is 3.29. The van der Waals surface area contributed by atoms with E-state index in [0.717, 1.165) is 10.6 Å². The number of benzene rings is 1. The highest BCUT2D eigenvalue weighted by Gasteiger charge is 2.33. The number of hydrogen-bond acceptors (Lipinski definition) is 6. The molecule has 0 bridgehead atoms. The number of amides is 3. The molecule has 1 aromatic carbocycles. The number of anilines is 2. The third-order valence-electron chi connectivity index (χ3n) is 4.79. The molecule has 2 saturated heterocycles. The van der Waals surface area contributed by atoms with Crippen molar-refractivity contribution in [2.24, 2.45) is 0 Å². The molecule has 0 radical (unpaired) electrons. The zero-order valence-corrected chi connectivity index (χ0v) is 16.7. The van der Waals surface area contributed by atoms with Crippen LogP contribution in [-0.4, -0.2) is 56.9 Å². The number of thiophene rings is 1. The Kier molecular flexibility index (Phi) is 5.50. The smallest absolute Gasteiger partial charge is 0.414 e. The molecule has 0 saturated carbocycles. The third kappa shape index (κ3) is 4.25. The number of aryl methyl sites for hydroxylation is 1. The molecule has 2 aromatic rings. The highest BCUT2D eigenvalue weighted by molar-refractivity contribution is 7.13. The Morgan fingerprint density at radius 1 is 1.14 bits per heavy atom. The maximum Gasteiger partial charge on any atom is 0.414 e. The first-order valence-electron chi connectivity index (χ1n) is 9.32. The average molecular weight is 415 g/mol. The minimum absolute atomic E-state index is 0.0820. The molecule has 1 unspecified atom stereocenters. The first-order valence-corrected chi connectivity index (χ1v) is 10.1. The van der Waals surface area contributed by atoms with Crippen molar-refractivity contribution in [1.82, 2.24) is 5.32 Å². The lowest BCUT2D eigenvalue weighted by atomic mass is 10.2. The summed E-state index contributed by atoms with van der Waals surface area (Å²) in [5, 5.41) is 2.82. The van der Waals surface area contributed by atoms with Crippen molar-refractivity contribution < 1.29 is 23.9 Å². The van der Waals surface area contributed by atoms with Crippen molar-refractivity contribution in [3.05, 3.63) is 46.2 Å². The molecule has 2 aliphatic heterocycles. The number of hydrogen-bond donors (Lipinski definition) is 1. The molecule has 152 valence electrons. The predicted octanol–water partition coefficient (Wildman–Crippen LogP) is 2.17. The number of carbonyl (C=O) groups excluding carboxylic acids is 3. The quantitative estimate of drug-likeness (QED) is 0.809. The lowest BCUT2D eigenvalue weighted by Gasteiger charge is -2.27. The van der Waals surface area contributed by atoms with Crippen LogP contribution in [0.15, 0.2) is 36.4 Å². The first-order chi connectivity index (χ1) is 14.0. The SMILES string of the molecule is Cc1ccc(C(=O)NCC2CN(c3ccc(N4CCOCC4=O)cc3)C(=O)O2)s1. The molecule has 3 heterocycles. The molecule has 1 N–H and O–H groups in total. The van der Waals surface area contributed by atoms with E-state index in [1.807, 2.05) is 13.0 Å². The van der Waals surface area contributed by atoms with Crippen LogP contribution in [0.5, 0.6) is 0 Å². The minimum atomic E-state index is -0.452. The van der Waals surface area contributed by atoms with E-state index in [1.54, 1.807) is 35.2 Å². The predicted molar refractivity (Wildman–Crippen MR) is 109 cm³/mol. The Hall–Kier alpha value is -2.91. The molecule has 1 aromatic heterocycles. The molecule has 4 rings (SSSR count). The summed E-state index contributed by atoms with van der Waals surface area (Å²) in [5.41, 5.74) is 1.45. The Morgan fingerprint density at radius 3 is 2.52 bits per heavy atom. The van der Waals surface area contributed by atoms with E-state index in [0.29, 0.717) is 30.3 Å². The van der Waals surface area contributed by atoms with Crippen molar-refractivity contribution in [3.8, 4) is 0 Å². The van der Waals surface area contributed by atoms with E-state index in [4.69, 9.17) is 9.47 Å². The Morgan fingerprint density at radius 2 is 1.86 bits per heavy atom. The molecule has 29 heavy (non-hydrogen) atoms. The van der Waals surface area contributed by atoms with Gasteiger partial charge in [-0.1, -0.05) is 0 Å². The first kappa shape index (κ1) is 19.4. The summed E-state index contributed by atoms with van der Waals surface area (Å²) in [6.45, 7) is 3.63. The van der Waals surface area contributed by atoms with Gasteiger partial charge >= 0.3 is 6.09 Å². The maximum absolute atomic E-state index is 12.3. The molecule has 3 amide bonds. The highest BCUT2D eigenvalue weighted by atomic mass is 32.1. The third-order valence-corrected chi connectivity index (χ3v) is 5.79. The van der Waals surface area contributed by atoms with Gasteiger partial charge in [0.05, 0.1) is 24.6 Å². The second-order valence-corrected chi connectivity index (χ2v) is 8.14. The van der Waals surface area contributed by atoms with Gasteiger partial charge in [0.2, 0.25) is 0 Å². The van der Waals surface area contributed by atoms with Gasteiger partial charge in [0, 0.05) is 22.8 Å². The molecule has 8 nitrogen and oxygen atoms in total. The van der Waals surface area contributed by atoms with E-state index in [1.165, 1.54) is 16.2 Å². The van der Waals surface area contributed by atoms with Crippen LogP contribution in [0.4, 0.5) is 16.2 Å². The Bertz CT molecular complexity index is 926. The van der Waals surface area contributed by atoms with Gasteiger partial charge < -0.3 is 19.7 Å². The van der Waals surface area contributed by atoms with Crippen molar-refractivity contribution in [3.63, 3.8) is 0 Å². The van der Waals surface area contributed by atoms with Crippen LogP contribution in [0, 0.1) is 6.92 Å². The summed E-state index contributed by atoms with van der Waals surface area (Å²) in [5.74, 6) is -0.251. The summed E-state index contributed by atoms with van der Waals surface area (Å²) in [7, 11) is 0. The van der Waals surface area contributed by atoms with Gasteiger partial charge in [-0.25, -0.2) is 4.79 Å². The summed E-state index contributed by atoms with van der Waals surface area (Å²) in [6, 6.07) is 10.9. The molecule has 9 heteroatoms. The van der Waals surface area contributed by atoms with Crippen LogP contribution in [-0.2, 0) is 14.3 Å². The van der Waals surface area contributed by atoms with E-state index in [2.05, 4.69) is 5.32 Å². The molecule has 2 fully saturated rings. The molecular formula is C20H21N3O5S. The van der Waals surface area contributed by atoms with E-state index in [9.17, 15) is 14.4 Å². The number of rotatable bonds is 5. The summed E-state index contributed by atoms with van der Waals surface area (Å²) < 4.78 is 10.5. The van der Waals surface area contributed by atoms with Crippen LogP contribution in [0.25, 0.3) is 0 Å². The zero-order chi connectivity index (χ0) is 20.4. The maximum atomic E-state index is 12.3. The van der Waals surface area contributed by atoms with Crippen LogP contribution in [0.1, 0.15) is 14.5 Å². The minimum Gasteiger partial charge on any atom is -0.442 e.